The van der Waals surface area contributed by atoms with E-state index in [0.717, 1.165) is 17.1 Å². The number of hydrogen-bond acceptors (Lipinski definition) is 6. The molecule has 0 aliphatic heterocycles. The fourth-order valence-electron chi connectivity index (χ4n) is 2.88. The molecule has 8 nitrogen and oxygen atoms in total. The number of anilines is 2. The maximum Gasteiger partial charge on any atom is 0.254 e. The Morgan fingerprint density at radius 2 is 1.92 bits per heavy atom. The molecule has 0 spiro atoms. The summed E-state index contributed by atoms with van der Waals surface area (Å²) >= 11 is 0. The van der Waals surface area contributed by atoms with Crippen molar-refractivity contribution < 1.29 is 5.11 Å². The second kappa shape index (κ2) is 6.57. The largest absolute Gasteiger partial charge is 0.395 e. The van der Waals surface area contributed by atoms with Crippen molar-refractivity contribution in [2.45, 2.75) is 20.4 Å². The van der Waals surface area contributed by atoms with Gasteiger partial charge >= 0.3 is 0 Å². The third-order valence-electron chi connectivity index (χ3n) is 4.03. The maximum atomic E-state index is 9.31. The summed E-state index contributed by atoms with van der Waals surface area (Å²) in [4.78, 5) is 13.7. The Morgan fingerprint density at radius 1 is 1.12 bits per heavy atom. The van der Waals surface area contributed by atoms with E-state index < -0.39 is 0 Å². The highest BCUT2D eigenvalue weighted by Gasteiger charge is 2.16. The first-order chi connectivity index (χ1) is 12.7. The lowest BCUT2D eigenvalue weighted by Crippen LogP contribution is -2.09. The number of aromatic nitrogens is 6. The Morgan fingerprint density at radius 3 is 2.62 bits per heavy atom. The van der Waals surface area contributed by atoms with Crippen LogP contribution in [0.15, 0.2) is 42.7 Å². The number of aliphatic hydroxyl groups is 1. The molecule has 0 bridgehead atoms. The molecule has 0 unspecified atom stereocenters. The fourth-order valence-corrected chi connectivity index (χ4v) is 2.88. The van der Waals surface area contributed by atoms with Gasteiger partial charge in [0.05, 0.1) is 18.6 Å². The normalized spacial score (nSPS) is 11.2. The molecule has 0 atom stereocenters. The number of aryl methyl sites for hydroxylation is 2. The standard InChI is InChI=1S/C18H19N7O/c1-12-10-13(2)25(23-12)18-21-16(20-14-6-4-3-5-7-14)15-17(22-18)24(8-9-26)11-19-15/h3-7,10-11,26H,8-9H2,1-2H3,(H,20,21,22). The summed E-state index contributed by atoms with van der Waals surface area (Å²) < 4.78 is 3.52. The van der Waals surface area contributed by atoms with Crippen LogP contribution in [0.3, 0.4) is 0 Å². The average molecular weight is 349 g/mol. The Bertz CT molecular complexity index is 1050. The van der Waals surface area contributed by atoms with Crippen molar-refractivity contribution in [2.24, 2.45) is 0 Å². The van der Waals surface area contributed by atoms with Crippen LogP contribution in [0.1, 0.15) is 11.4 Å². The minimum Gasteiger partial charge on any atom is -0.395 e. The van der Waals surface area contributed by atoms with E-state index >= 15 is 0 Å². The molecule has 3 heterocycles. The summed E-state index contributed by atoms with van der Waals surface area (Å²) in [6.07, 6.45) is 1.66. The van der Waals surface area contributed by atoms with Crippen LogP contribution in [-0.4, -0.2) is 41.0 Å². The minimum absolute atomic E-state index is 0.00610. The number of hydrogen-bond donors (Lipinski definition) is 2. The van der Waals surface area contributed by atoms with Crippen molar-refractivity contribution in [3.8, 4) is 5.95 Å². The topological polar surface area (TPSA) is 93.7 Å². The molecule has 0 amide bonds. The molecule has 0 saturated carbocycles. The Kier molecular flexibility index (Phi) is 4.10. The van der Waals surface area contributed by atoms with Crippen LogP contribution in [0.5, 0.6) is 0 Å². The van der Waals surface area contributed by atoms with E-state index in [-0.39, 0.29) is 6.61 Å². The van der Waals surface area contributed by atoms with Crippen molar-refractivity contribution in [3.63, 3.8) is 0 Å². The van der Waals surface area contributed by atoms with E-state index in [0.29, 0.717) is 29.5 Å². The zero-order chi connectivity index (χ0) is 18.1. The highest BCUT2D eigenvalue weighted by Crippen LogP contribution is 2.24. The van der Waals surface area contributed by atoms with Gasteiger partial charge in [-0.2, -0.15) is 15.1 Å². The predicted octanol–water partition coefficient (Wildman–Crippen LogP) is 2.36. The molecule has 0 fully saturated rings. The summed E-state index contributed by atoms with van der Waals surface area (Å²) in [5, 5.41) is 17.1. The van der Waals surface area contributed by atoms with E-state index in [1.54, 1.807) is 11.0 Å². The number of imidazole rings is 1. The summed E-state index contributed by atoms with van der Waals surface area (Å²) in [6.45, 7) is 4.31. The van der Waals surface area contributed by atoms with E-state index in [4.69, 9.17) is 0 Å². The molecule has 0 aliphatic carbocycles. The van der Waals surface area contributed by atoms with Gasteiger partial charge in [0.25, 0.3) is 5.95 Å². The molecule has 2 N–H and O–H groups in total. The van der Waals surface area contributed by atoms with Crippen LogP contribution in [0.4, 0.5) is 11.5 Å². The highest BCUT2D eigenvalue weighted by atomic mass is 16.3. The molecular formula is C18H19N7O. The number of fused-ring (bicyclic) bond motifs is 1. The van der Waals surface area contributed by atoms with Gasteiger partial charge in [0.2, 0.25) is 0 Å². The molecule has 26 heavy (non-hydrogen) atoms. The fraction of sp³-hybridized carbons (Fsp3) is 0.222. The van der Waals surface area contributed by atoms with E-state index in [2.05, 4.69) is 25.4 Å². The van der Waals surface area contributed by atoms with Gasteiger partial charge in [-0.15, -0.1) is 0 Å². The van der Waals surface area contributed by atoms with Gasteiger partial charge in [0, 0.05) is 17.9 Å². The Labute approximate surface area is 150 Å². The summed E-state index contributed by atoms with van der Waals surface area (Å²) in [5.41, 5.74) is 4.04. The number of para-hydroxylation sites is 1. The first-order valence-corrected chi connectivity index (χ1v) is 8.35. The van der Waals surface area contributed by atoms with Gasteiger partial charge in [0.1, 0.15) is 0 Å². The highest BCUT2D eigenvalue weighted by molar-refractivity contribution is 5.86. The lowest BCUT2D eigenvalue weighted by molar-refractivity contribution is 0.277. The number of nitrogens with one attached hydrogen (secondary N) is 1. The van der Waals surface area contributed by atoms with Crippen molar-refractivity contribution >= 4 is 22.7 Å². The summed E-state index contributed by atoms with van der Waals surface area (Å²) in [6, 6.07) is 11.8. The van der Waals surface area contributed by atoms with Gasteiger partial charge < -0.3 is 15.0 Å². The lowest BCUT2D eigenvalue weighted by atomic mass is 10.3. The number of rotatable bonds is 5. The van der Waals surface area contributed by atoms with Crippen LogP contribution < -0.4 is 5.32 Å². The quantitative estimate of drug-likeness (QED) is 0.574. The number of benzene rings is 1. The SMILES string of the molecule is Cc1cc(C)n(-c2nc(Nc3ccccc3)c3ncn(CCO)c3n2)n1. The van der Waals surface area contributed by atoms with Crippen molar-refractivity contribution in [1.29, 1.82) is 0 Å². The van der Waals surface area contributed by atoms with Crippen LogP contribution in [0, 0.1) is 13.8 Å². The smallest absolute Gasteiger partial charge is 0.254 e. The van der Waals surface area contributed by atoms with Crippen molar-refractivity contribution in [3.05, 3.63) is 54.1 Å². The summed E-state index contributed by atoms with van der Waals surface area (Å²) in [5.74, 6) is 1.06. The van der Waals surface area contributed by atoms with Crippen LogP contribution >= 0.6 is 0 Å². The van der Waals surface area contributed by atoms with E-state index in [1.165, 1.54) is 0 Å². The van der Waals surface area contributed by atoms with Crippen LogP contribution in [0.2, 0.25) is 0 Å². The van der Waals surface area contributed by atoms with Gasteiger partial charge in [-0.3, -0.25) is 0 Å². The molecule has 0 aliphatic rings. The third kappa shape index (κ3) is 2.91. The monoisotopic (exact) mass is 349 g/mol. The molecule has 1 aromatic carbocycles. The van der Waals surface area contributed by atoms with Crippen molar-refractivity contribution in [2.75, 3.05) is 11.9 Å². The zero-order valence-electron chi connectivity index (χ0n) is 14.6. The van der Waals surface area contributed by atoms with E-state index in [9.17, 15) is 5.11 Å². The lowest BCUT2D eigenvalue weighted by Gasteiger charge is -2.10. The minimum atomic E-state index is 0.00610. The Balaban J connectivity index is 1.89. The van der Waals surface area contributed by atoms with Crippen LogP contribution in [0.25, 0.3) is 17.1 Å². The Hall–Kier alpha value is -3.26. The first kappa shape index (κ1) is 16.2. The zero-order valence-corrected chi connectivity index (χ0v) is 14.6. The van der Waals surface area contributed by atoms with E-state index in [1.807, 2.05) is 54.8 Å². The molecule has 4 rings (SSSR count). The molecule has 3 aromatic heterocycles. The second-order valence-corrected chi connectivity index (χ2v) is 6.04. The number of aliphatic hydroxyl groups excluding tert-OH is 1. The number of nitrogens with zero attached hydrogens (tertiary/aromatic N) is 6. The van der Waals surface area contributed by atoms with Gasteiger partial charge in [-0.25, -0.2) is 9.67 Å². The first-order valence-electron chi connectivity index (χ1n) is 8.35. The molecule has 4 aromatic rings. The predicted molar refractivity (Wildman–Crippen MR) is 98.7 cm³/mol. The molecular weight excluding hydrogens is 330 g/mol. The second-order valence-electron chi connectivity index (χ2n) is 6.04. The van der Waals surface area contributed by atoms with Crippen LogP contribution in [-0.2, 0) is 6.54 Å². The van der Waals surface area contributed by atoms with Gasteiger partial charge in [-0.1, -0.05) is 18.2 Å². The van der Waals surface area contributed by atoms with Gasteiger partial charge in [-0.05, 0) is 32.0 Å². The molecule has 0 saturated heterocycles. The average Bonchev–Trinajstić information content (AvgIpc) is 3.19. The third-order valence-corrected chi connectivity index (χ3v) is 4.03. The summed E-state index contributed by atoms with van der Waals surface area (Å²) in [7, 11) is 0. The maximum absolute atomic E-state index is 9.31. The van der Waals surface area contributed by atoms with Gasteiger partial charge in [0.15, 0.2) is 17.0 Å². The molecule has 132 valence electrons. The van der Waals surface area contributed by atoms with Crippen molar-refractivity contribution in [1.82, 2.24) is 29.3 Å². The molecule has 8 heteroatoms. The molecule has 0 radical (unpaired) electrons.